The van der Waals surface area contributed by atoms with Gasteiger partial charge in [0.2, 0.25) is 11.8 Å². The van der Waals surface area contributed by atoms with Crippen molar-refractivity contribution in [2.45, 2.75) is 12.8 Å². The average Bonchev–Trinajstić information content (AvgIpc) is 2.81. The average molecular weight is 233 g/mol. The van der Waals surface area contributed by atoms with Crippen molar-refractivity contribution < 1.29 is 9.59 Å². The van der Waals surface area contributed by atoms with E-state index in [-0.39, 0.29) is 0 Å². The molecule has 1 aromatic rings. The van der Waals surface area contributed by atoms with Gasteiger partial charge in [-0.25, -0.2) is 0 Å². The van der Waals surface area contributed by atoms with Crippen LogP contribution >= 0.6 is 0 Å². The fraction of sp³-hybridized carbons (Fsp3) is 0.333. The third kappa shape index (κ3) is 2.38. The Morgan fingerprint density at radius 1 is 0.941 bits per heavy atom. The van der Waals surface area contributed by atoms with Gasteiger partial charge in [-0.05, 0) is 31.0 Å². The molecule has 0 aliphatic carbocycles. The number of anilines is 1. The zero-order chi connectivity index (χ0) is 12.4. The first-order chi connectivity index (χ1) is 8.08. The normalized spacial score (nSPS) is 14.9. The molecule has 2 amide bonds. The lowest BCUT2D eigenvalue weighted by molar-refractivity contribution is 0.0999. The molecule has 0 radical (unpaired) electrons. The van der Waals surface area contributed by atoms with Crippen LogP contribution in [0.5, 0.6) is 0 Å². The van der Waals surface area contributed by atoms with E-state index in [9.17, 15) is 9.59 Å². The molecule has 5 nitrogen and oxygen atoms in total. The third-order valence-corrected chi connectivity index (χ3v) is 2.96. The van der Waals surface area contributed by atoms with Crippen molar-refractivity contribution in [3.63, 3.8) is 0 Å². The molecule has 0 aromatic heterocycles. The van der Waals surface area contributed by atoms with Crippen LogP contribution in [0, 0.1) is 0 Å². The number of carbonyl (C=O) groups excluding carboxylic acids is 2. The van der Waals surface area contributed by atoms with Gasteiger partial charge in [-0.1, -0.05) is 0 Å². The Balaban J connectivity index is 2.43. The highest BCUT2D eigenvalue weighted by atomic mass is 16.1. The maximum atomic E-state index is 11.2. The molecule has 1 saturated heterocycles. The maximum absolute atomic E-state index is 11.2. The second-order valence-electron chi connectivity index (χ2n) is 4.19. The van der Waals surface area contributed by atoms with E-state index in [4.69, 9.17) is 11.5 Å². The Morgan fingerprint density at radius 2 is 1.41 bits per heavy atom. The van der Waals surface area contributed by atoms with Gasteiger partial charge in [0.1, 0.15) is 0 Å². The number of hydrogen-bond donors (Lipinski definition) is 2. The number of nitrogens with two attached hydrogens (primary N) is 2. The summed E-state index contributed by atoms with van der Waals surface area (Å²) < 4.78 is 0. The molecule has 90 valence electrons. The molecule has 2 rings (SSSR count). The molecule has 4 N–H and O–H groups in total. The predicted molar refractivity (Wildman–Crippen MR) is 64.9 cm³/mol. The first-order valence-corrected chi connectivity index (χ1v) is 5.57. The van der Waals surface area contributed by atoms with Gasteiger partial charge in [0.25, 0.3) is 0 Å². The highest BCUT2D eigenvalue weighted by Gasteiger charge is 2.16. The number of primary amides is 2. The molecular formula is C12H15N3O2. The highest BCUT2D eigenvalue weighted by Crippen LogP contribution is 2.23. The summed E-state index contributed by atoms with van der Waals surface area (Å²) in [5.41, 5.74) is 12.0. The van der Waals surface area contributed by atoms with E-state index in [0.29, 0.717) is 11.1 Å². The number of nitrogens with zero attached hydrogens (tertiary/aromatic N) is 1. The summed E-state index contributed by atoms with van der Waals surface area (Å²) >= 11 is 0. The van der Waals surface area contributed by atoms with Crippen molar-refractivity contribution in [3.05, 3.63) is 29.3 Å². The van der Waals surface area contributed by atoms with E-state index in [2.05, 4.69) is 4.90 Å². The smallest absolute Gasteiger partial charge is 0.248 e. The van der Waals surface area contributed by atoms with Crippen molar-refractivity contribution in [2.75, 3.05) is 18.0 Å². The molecular weight excluding hydrogens is 218 g/mol. The molecule has 1 heterocycles. The summed E-state index contributed by atoms with van der Waals surface area (Å²) in [5.74, 6) is -1.10. The van der Waals surface area contributed by atoms with Gasteiger partial charge in [0.15, 0.2) is 0 Å². The topological polar surface area (TPSA) is 89.4 Å². The maximum Gasteiger partial charge on any atom is 0.248 e. The van der Waals surface area contributed by atoms with Gasteiger partial charge in [-0.2, -0.15) is 0 Å². The monoisotopic (exact) mass is 233 g/mol. The molecule has 1 fully saturated rings. The SMILES string of the molecule is NC(=O)c1cc(C(N)=O)cc(N2CCCC2)c1. The van der Waals surface area contributed by atoms with E-state index in [1.54, 1.807) is 12.1 Å². The van der Waals surface area contributed by atoms with E-state index >= 15 is 0 Å². The molecule has 0 saturated carbocycles. The van der Waals surface area contributed by atoms with Crippen molar-refractivity contribution in [1.29, 1.82) is 0 Å². The largest absolute Gasteiger partial charge is 0.371 e. The molecule has 17 heavy (non-hydrogen) atoms. The molecule has 1 aromatic carbocycles. The zero-order valence-electron chi connectivity index (χ0n) is 9.48. The highest BCUT2D eigenvalue weighted by molar-refractivity contribution is 6.00. The van der Waals surface area contributed by atoms with Crippen LogP contribution in [0.25, 0.3) is 0 Å². The number of hydrogen-bond acceptors (Lipinski definition) is 3. The Bertz CT molecular complexity index is 433. The van der Waals surface area contributed by atoms with Crippen molar-refractivity contribution in [1.82, 2.24) is 0 Å². The lowest BCUT2D eigenvalue weighted by Crippen LogP contribution is -2.21. The first-order valence-electron chi connectivity index (χ1n) is 5.57. The van der Waals surface area contributed by atoms with Crippen molar-refractivity contribution in [3.8, 4) is 0 Å². The molecule has 5 heteroatoms. The predicted octanol–water partition coefficient (Wildman–Crippen LogP) is 0.485. The number of amides is 2. The van der Waals surface area contributed by atoms with Gasteiger partial charge in [-0.15, -0.1) is 0 Å². The van der Waals surface area contributed by atoms with Gasteiger partial charge in [0, 0.05) is 29.9 Å². The minimum atomic E-state index is -0.548. The molecule has 0 unspecified atom stereocenters. The van der Waals surface area contributed by atoms with Crippen molar-refractivity contribution in [2.24, 2.45) is 11.5 Å². The fourth-order valence-corrected chi connectivity index (χ4v) is 2.05. The minimum Gasteiger partial charge on any atom is -0.371 e. The van der Waals surface area contributed by atoms with Gasteiger partial charge >= 0.3 is 0 Å². The van der Waals surface area contributed by atoms with Crippen molar-refractivity contribution >= 4 is 17.5 Å². The summed E-state index contributed by atoms with van der Waals surface area (Å²) in [5, 5.41) is 0. The quantitative estimate of drug-likeness (QED) is 0.795. The van der Waals surface area contributed by atoms with Crippen LogP contribution in [0.2, 0.25) is 0 Å². The molecule has 1 aliphatic rings. The van der Waals surface area contributed by atoms with Crippen LogP contribution in [0.4, 0.5) is 5.69 Å². The lowest BCUT2D eigenvalue weighted by atomic mass is 10.1. The van der Waals surface area contributed by atoms with Gasteiger partial charge < -0.3 is 16.4 Å². The van der Waals surface area contributed by atoms with E-state index < -0.39 is 11.8 Å². The molecule has 0 atom stereocenters. The molecule has 0 bridgehead atoms. The minimum absolute atomic E-state index is 0.322. The zero-order valence-corrected chi connectivity index (χ0v) is 9.48. The second-order valence-corrected chi connectivity index (χ2v) is 4.19. The fourth-order valence-electron chi connectivity index (χ4n) is 2.05. The van der Waals surface area contributed by atoms with Crippen LogP contribution in [0.1, 0.15) is 33.6 Å². The Kier molecular flexibility index (Phi) is 2.99. The lowest BCUT2D eigenvalue weighted by Gasteiger charge is -2.18. The van der Waals surface area contributed by atoms with E-state index in [0.717, 1.165) is 31.6 Å². The standard InChI is InChI=1S/C12H15N3O2/c13-11(16)8-5-9(12(14)17)7-10(6-8)15-3-1-2-4-15/h5-7H,1-4H2,(H2,13,16)(H2,14,17). The Morgan fingerprint density at radius 3 is 1.82 bits per heavy atom. The Hall–Kier alpha value is -2.04. The number of rotatable bonds is 3. The summed E-state index contributed by atoms with van der Waals surface area (Å²) in [4.78, 5) is 24.5. The first kappa shape index (κ1) is 11.4. The van der Waals surface area contributed by atoms with Crippen LogP contribution in [0.3, 0.4) is 0 Å². The number of carbonyl (C=O) groups is 2. The Labute approximate surface area is 99.4 Å². The molecule has 1 aliphatic heterocycles. The van der Waals surface area contributed by atoms with E-state index in [1.165, 1.54) is 6.07 Å². The second kappa shape index (κ2) is 4.45. The van der Waals surface area contributed by atoms with Gasteiger partial charge in [-0.3, -0.25) is 9.59 Å². The molecule has 0 spiro atoms. The van der Waals surface area contributed by atoms with Crippen LogP contribution < -0.4 is 16.4 Å². The summed E-state index contributed by atoms with van der Waals surface area (Å²) in [6.45, 7) is 1.86. The number of benzene rings is 1. The van der Waals surface area contributed by atoms with Crippen LogP contribution in [0.15, 0.2) is 18.2 Å². The summed E-state index contributed by atoms with van der Waals surface area (Å²) in [6.07, 6.45) is 2.24. The van der Waals surface area contributed by atoms with E-state index in [1.807, 2.05) is 0 Å². The summed E-state index contributed by atoms with van der Waals surface area (Å²) in [6, 6.07) is 4.85. The van der Waals surface area contributed by atoms with Crippen LogP contribution in [-0.2, 0) is 0 Å². The van der Waals surface area contributed by atoms with Crippen LogP contribution in [-0.4, -0.2) is 24.9 Å². The van der Waals surface area contributed by atoms with Gasteiger partial charge in [0.05, 0.1) is 0 Å². The summed E-state index contributed by atoms with van der Waals surface area (Å²) in [7, 11) is 0. The third-order valence-electron chi connectivity index (χ3n) is 2.96.